The Morgan fingerprint density at radius 1 is 1.59 bits per heavy atom. The van der Waals surface area contributed by atoms with Crippen molar-refractivity contribution in [3.8, 4) is 11.8 Å². The lowest BCUT2D eigenvalue weighted by Crippen LogP contribution is -2.13. The van der Waals surface area contributed by atoms with E-state index in [1.807, 2.05) is 0 Å². The molecule has 0 fully saturated rings. The van der Waals surface area contributed by atoms with Crippen molar-refractivity contribution < 1.29 is 19.0 Å². The number of amides is 1. The van der Waals surface area contributed by atoms with Gasteiger partial charge in [-0.2, -0.15) is 0 Å². The van der Waals surface area contributed by atoms with E-state index in [-0.39, 0.29) is 18.8 Å². The summed E-state index contributed by atoms with van der Waals surface area (Å²) >= 11 is 0. The van der Waals surface area contributed by atoms with Gasteiger partial charge in [0, 0.05) is 5.69 Å². The maximum Gasteiger partial charge on any atom is 0.411 e. The van der Waals surface area contributed by atoms with Gasteiger partial charge in [-0.05, 0) is 25.1 Å². The fraction of sp³-hybridized carbons (Fsp3) is 0.250. The molecule has 0 atom stereocenters. The molecule has 1 aromatic carbocycles. The third-order valence-electron chi connectivity index (χ3n) is 1.79. The van der Waals surface area contributed by atoms with Gasteiger partial charge in [0.2, 0.25) is 0 Å². The summed E-state index contributed by atoms with van der Waals surface area (Å²) < 4.78 is 17.9. The normalized spacial score (nSPS) is 9.12. The number of halogens is 1. The molecule has 0 unspecified atom stereocenters. The number of aliphatic hydroxyl groups excluding tert-OH is 1. The minimum absolute atomic E-state index is 0.105. The molecule has 0 radical (unpaired) electrons. The van der Waals surface area contributed by atoms with Crippen molar-refractivity contribution in [3.05, 3.63) is 29.6 Å². The summed E-state index contributed by atoms with van der Waals surface area (Å²) in [6.07, 6.45) is -0.611. The Morgan fingerprint density at radius 2 is 2.35 bits per heavy atom. The minimum Gasteiger partial charge on any atom is -0.450 e. The first-order valence-electron chi connectivity index (χ1n) is 5.00. The highest BCUT2D eigenvalue weighted by Crippen LogP contribution is 2.14. The number of rotatable bonds is 2. The Balaban J connectivity index is 2.85. The van der Waals surface area contributed by atoms with Crippen LogP contribution in [0.25, 0.3) is 0 Å². The Kier molecular flexibility index (Phi) is 4.98. The first-order valence-corrected chi connectivity index (χ1v) is 5.00. The number of nitrogens with one attached hydrogen (secondary N) is 1. The van der Waals surface area contributed by atoms with Crippen molar-refractivity contribution in [2.45, 2.75) is 6.92 Å². The third kappa shape index (κ3) is 4.13. The second-order valence-corrected chi connectivity index (χ2v) is 3.00. The van der Waals surface area contributed by atoms with Crippen LogP contribution in [0.1, 0.15) is 12.5 Å². The molecule has 5 heteroatoms. The highest BCUT2D eigenvalue weighted by atomic mass is 19.1. The molecule has 1 aromatic rings. The van der Waals surface area contributed by atoms with E-state index in [4.69, 9.17) is 5.11 Å². The number of hydrogen-bond donors (Lipinski definition) is 2. The lowest BCUT2D eigenvalue weighted by atomic mass is 10.2. The molecule has 0 bridgehead atoms. The number of hydrogen-bond acceptors (Lipinski definition) is 3. The van der Waals surface area contributed by atoms with Gasteiger partial charge in [0.05, 0.1) is 12.2 Å². The van der Waals surface area contributed by atoms with E-state index < -0.39 is 11.9 Å². The van der Waals surface area contributed by atoms with Crippen LogP contribution in [0.5, 0.6) is 0 Å². The van der Waals surface area contributed by atoms with Gasteiger partial charge in [0.15, 0.2) is 0 Å². The highest BCUT2D eigenvalue weighted by molar-refractivity contribution is 5.84. The molecular formula is C12H12FNO3. The number of anilines is 1. The van der Waals surface area contributed by atoms with Crippen LogP contribution in [0.15, 0.2) is 18.2 Å². The Hall–Kier alpha value is -2.06. The standard InChI is InChI=1S/C12H12FNO3/c1-2-17-12(16)14-10-5-6-11(13)9(8-10)4-3-7-15/h5-6,8,15H,2,7H2,1H3,(H,14,16). The van der Waals surface area contributed by atoms with E-state index in [1.54, 1.807) is 6.92 Å². The van der Waals surface area contributed by atoms with E-state index in [0.717, 1.165) is 0 Å². The fourth-order valence-electron chi connectivity index (χ4n) is 1.12. The summed E-state index contributed by atoms with van der Waals surface area (Å²) in [5, 5.41) is 10.9. The summed E-state index contributed by atoms with van der Waals surface area (Å²) in [5.41, 5.74) is 0.487. The number of benzene rings is 1. The summed E-state index contributed by atoms with van der Waals surface area (Å²) in [6, 6.07) is 3.95. The second-order valence-electron chi connectivity index (χ2n) is 3.00. The van der Waals surface area contributed by atoms with Crippen molar-refractivity contribution in [2.24, 2.45) is 0 Å². The van der Waals surface area contributed by atoms with Crippen LogP contribution in [-0.4, -0.2) is 24.4 Å². The molecule has 0 saturated carbocycles. The van der Waals surface area contributed by atoms with Gasteiger partial charge in [0.25, 0.3) is 0 Å². The molecule has 0 saturated heterocycles. The Morgan fingerprint density at radius 3 is 3.00 bits per heavy atom. The first-order chi connectivity index (χ1) is 8.17. The molecule has 0 aromatic heterocycles. The van der Waals surface area contributed by atoms with Gasteiger partial charge in [0.1, 0.15) is 12.4 Å². The molecule has 1 rings (SSSR count). The van der Waals surface area contributed by atoms with Crippen LogP contribution in [-0.2, 0) is 4.74 Å². The van der Waals surface area contributed by atoms with Crippen molar-refractivity contribution in [3.63, 3.8) is 0 Å². The largest absolute Gasteiger partial charge is 0.450 e. The highest BCUT2D eigenvalue weighted by Gasteiger charge is 2.05. The van der Waals surface area contributed by atoms with Crippen molar-refractivity contribution in [1.82, 2.24) is 0 Å². The molecule has 4 nitrogen and oxygen atoms in total. The zero-order valence-corrected chi connectivity index (χ0v) is 9.29. The monoisotopic (exact) mass is 237 g/mol. The van der Waals surface area contributed by atoms with Gasteiger partial charge in [-0.3, -0.25) is 5.32 Å². The molecular weight excluding hydrogens is 225 g/mol. The first kappa shape index (κ1) is 13.0. The Bertz CT molecular complexity index is 463. The van der Waals surface area contributed by atoms with E-state index >= 15 is 0 Å². The number of aliphatic hydroxyl groups is 1. The van der Waals surface area contributed by atoms with Crippen LogP contribution in [0.3, 0.4) is 0 Å². The smallest absolute Gasteiger partial charge is 0.411 e. The average molecular weight is 237 g/mol. The summed E-state index contributed by atoms with van der Waals surface area (Å²) in [4.78, 5) is 11.1. The van der Waals surface area contributed by atoms with Gasteiger partial charge >= 0.3 is 6.09 Å². The van der Waals surface area contributed by atoms with E-state index in [9.17, 15) is 9.18 Å². The molecule has 0 aliphatic heterocycles. The van der Waals surface area contributed by atoms with Crippen LogP contribution in [0.4, 0.5) is 14.9 Å². The van der Waals surface area contributed by atoms with Gasteiger partial charge < -0.3 is 9.84 Å². The van der Waals surface area contributed by atoms with Crippen molar-refractivity contribution in [1.29, 1.82) is 0 Å². The number of carbonyl (C=O) groups is 1. The van der Waals surface area contributed by atoms with Crippen LogP contribution >= 0.6 is 0 Å². The molecule has 2 N–H and O–H groups in total. The number of ether oxygens (including phenoxy) is 1. The number of carbonyl (C=O) groups excluding carboxylic acids is 1. The topological polar surface area (TPSA) is 58.6 Å². The molecule has 17 heavy (non-hydrogen) atoms. The van der Waals surface area contributed by atoms with Gasteiger partial charge in [-0.25, -0.2) is 9.18 Å². The molecule has 90 valence electrons. The van der Waals surface area contributed by atoms with Gasteiger partial charge in [-0.15, -0.1) is 0 Å². The molecule has 0 heterocycles. The molecule has 0 spiro atoms. The average Bonchev–Trinajstić information content (AvgIpc) is 2.30. The zero-order chi connectivity index (χ0) is 12.7. The molecule has 0 aliphatic carbocycles. The van der Waals surface area contributed by atoms with Crippen LogP contribution in [0, 0.1) is 17.7 Å². The van der Waals surface area contributed by atoms with E-state index in [2.05, 4.69) is 21.9 Å². The van der Waals surface area contributed by atoms with Crippen molar-refractivity contribution >= 4 is 11.8 Å². The van der Waals surface area contributed by atoms with E-state index in [1.165, 1.54) is 18.2 Å². The quantitative estimate of drug-likeness (QED) is 0.770. The maximum atomic E-state index is 13.3. The molecule has 1 amide bonds. The zero-order valence-electron chi connectivity index (χ0n) is 9.29. The minimum atomic E-state index is -0.611. The maximum absolute atomic E-state index is 13.3. The SMILES string of the molecule is CCOC(=O)Nc1ccc(F)c(C#CCO)c1. The summed E-state index contributed by atoms with van der Waals surface area (Å²) in [5.74, 6) is 4.26. The summed E-state index contributed by atoms with van der Waals surface area (Å²) in [7, 11) is 0. The predicted octanol–water partition coefficient (Wildman–Crippen LogP) is 1.74. The predicted molar refractivity (Wildman–Crippen MR) is 61.0 cm³/mol. The van der Waals surface area contributed by atoms with Gasteiger partial charge in [-0.1, -0.05) is 11.8 Å². The summed E-state index contributed by atoms with van der Waals surface area (Å²) in [6.45, 7) is 1.58. The second kappa shape index (κ2) is 6.51. The molecule has 0 aliphatic rings. The van der Waals surface area contributed by atoms with Crippen LogP contribution in [0.2, 0.25) is 0 Å². The Labute approximate surface area is 98.4 Å². The third-order valence-corrected chi connectivity index (χ3v) is 1.79. The fourth-order valence-corrected chi connectivity index (χ4v) is 1.12. The van der Waals surface area contributed by atoms with E-state index in [0.29, 0.717) is 5.69 Å². The lowest BCUT2D eigenvalue weighted by Gasteiger charge is -2.05. The van der Waals surface area contributed by atoms with Crippen LogP contribution < -0.4 is 5.32 Å². The van der Waals surface area contributed by atoms with Crippen molar-refractivity contribution in [2.75, 3.05) is 18.5 Å². The lowest BCUT2D eigenvalue weighted by molar-refractivity contribution is 0.168.